The second-order valence-electron chi connectivity index (χ2n) is 5.99. The van der Waals surface area contributed by atoms with Crippen LogP contribution in [0.4, 0.5) is 0 Å². The van der Waals surface area contributed by atoms with Crippen LogP contribution in [0.1, 0.15) is 16.1 Å². The Bertz CT molecular complexity index is 870. The Kier molecular flexibility index (Phi) is 6.15. The highest BCUT2D eigenvalue weighted by Gasteiger charge is 2.29. The Hall–Kier alpha value is -2.36. The van der Waals surface area contributed by atoms with Gasteiger partial charge in [0.2, 0.25) is 5.09 Å². The summed E-state index contributed by atoms with van der Waals surface area (Å²) in [5.41, 5.74) is 1.05. The zero-order chi connectivity index (χ0) is 19.3. The second kappa shape index (κ2) is 8.55. The van der Waals surface area contributed by atoms with E-state index >= 15 is 0 Å². The van der Waals surface area contributed by atoms with Gasteiger partial charge in [0.1, 0.15) is 5.75 Å². The smallest absolute Gasteiger partial charge is 0.287 e. The van der Waals surface area contributed by atoms with E-state index in [0.717, 1.165) is 11.3 Å². The van der Waals surface area contributed by atoms with Crippen molar-refractivity contribution in [2.24, 2.45) is 0 Å². The molecule has 0 spiro atoms. The summed E-state index contributed by atoms with van der Waals surface area (Å²) in [6.45, 7) is 1.63. The van der Waals surface area contributed by atoms with Crippen LogP contribution in [0.2, 0.25) is 0 Å². The van der Waals surface area contributed by atoms with E-state index in [9.17, 15) is 13.2 Å². The van der Waals surface area contributed by atoms with E-state index in [1.807, 2.05) is 24.3 Å². The van der Waals surface area contributed by atoms with E-state index in [0.29, 0.717) is 26.2 Å². The minimum atomic E-state index is -3.75. The Morgan fingerprint density at radius 1 is 1.15 bits per heavy atom. The van der Waals surface area contributed by atoms with Crippen molar-refractivity contribution in [2.75, 3.05) is 40.0 Å². The van der Waals surface area contributed by atoms with Gasteiger partial charge in [-0.25, -0.2) is 8.42 Å². The molecule has 1 fully saturated rings. The SMILES string of the molecule is COc1ccc(CCNC(=O)c2ccc(S(=O)(=O)N3CCOCC3)o2)cc1. The molecule has 9 heteroatoms. The van der Waals surface area contributed by atoms with Gasteiger partial charge < -0.3 is 19.2 Å². The fourth-order valence-corrected chi connectivity index (χ4v) is 4.01. The summed E-state index contributed by atoms with van der Waals surface area (Å²) in [5, 5.41) is 2.50. The van der Waals surface area contributed by atoms with E-state index in [4.69, 9.17) is 13.9 Å². The number of benzene rings is 1. The maximum atomic E-state index is 12.5. The summed E-state index contributed by atoms with van der Waals surface area (Å²) in [5.74, 6) is 0.288. The fourth-order valence-electron chi connectivity index (χ4n) is 2.69. The molecule has 0 radical (unpaired) electrons. The summed E-state index contributed by atoms with van der Waals surface area (Å²) in [7, 11) is -2.15. The van der Waals surface area contributed by atoms with Crippen LogP contribution in [0, 0.1) is 0 Å². The van der Waals surface area contributed by atoms with Crippen molar-refractivity contribution in [1.82, 2.24) is 9.62 Å². The molecule has 0 saturated carbocycles. The number of hydrogen-bond donors (Lipinski definition) is 1. The molecule has 27 heavy (non-hydrogen) atoms. The molecule has 1 aliphatic rings. The highest BCUT2D eigenvalue weighted by Crippen LogP contribution is 2.20. The standard InChI is InChI=1S/C18H22N2O6S/c1-24-15-4-2-14(3-5-15)8-9-19-18(21)16-6-7-17(26-16)27(22,23)20-10-12-25-13-11-20/h2-7H,8-13H2,1H3,(H,19,21). The maximum Gasteiger partial charge on any atom is 0.287 e. The number of methoxy groups -OCH3 is 1. The van der Waals surface area contributed by atoms with Gasteiger partial charge >= 0.3 is 0 Å². The van der Waals surface area contributed by atoms with Crippen LogP contribution < -0.4 is 10.1 Å². The number of amides is 1. The van der Waals surface area contributed by atoms with Gasteiger partial charge in [0, 0.05) is 19.6 Å². The normalized spacial score (nSPS) is 15.4. The molecule has 2 heterocycles. The summed E-state index contributed by atoms with van der Waals surface area (Å²) in [4.78, 5) is 12.2. The van der Waals surface area contributed by atoms with E-state index in [1.54, 1.807) is 7.11 Å². The lowest BCUT2D eigenvalue weighted by atomic mass is 10.1. The molecular formula is C18H22N2O6S. The zero-order valence-corrected chi connectivity index (χ0v) is 15.8. The van der Waals surface area contributed by atoms with Crippen LogP contribution >= 0.6 is 0 Å². The van der Waals surface area contributed by atoms with Crippen LogP contribution in [-0.4, -0.2) is 58.6 Å². The molecular weight excluding hydrogens is 372 g/mol. The minimum absolute atomic E-state index is 0.0310. The first-order valence-electron chi connectivity index (χ1n) is 8.59. The first-order chi connectivity index (χ1) is 13.0. The van der Waals surface area contributed by atoms with Gasteiger partial charge in [-0.3, -0.25) is 4.79 Å². The molecule has 0 unspecified atom stereocenters. The molecule has 0 aliphatic carbocycles. The van der Waals surface area contributed by atoms with E-state index in [-0.39, 0.29) is 23.9 Å². The number of carbonyl (C=O) groups excluding carboxylic acids is 1. The maximum absolute atomic E-state index is 12.5. The van der Waals surface area contributed by atoms with Crippen molar-refractivity contribution in [1.29, 1.82) is 0 Å². The predicted octanol–water partition coefficient (Wildman–Crippen LogP) is 1.28. The number of sulfonamides is 1. The minimum Gasteiger partial charge on any atom is -0.497 e. The number of morpholine rings is 1. The van der Waals surface area contributed by atoms with Gasteiger partial charge in [-0.2, -0.15) is 4.31 Å². The number of ether oxygens (including phenoxy) is 2. The van der Waals surface area contributed by atoms with Crippen LogP contribution in [0.25, 0.3) is 0 Å². The first kappa shape index (κ1) is 19.4. The lowest BCUT2D eigenvalue weighted by Crippen LogP contribution is -2.40. The highest BCUT2D eigenvalue weighted by atomic mass is 32.2. The summed E-state index contributed by atoms with van der Waals surface area (Å²) < 4.78 is 41.9. The van der Waals surface area contributed by atoms with E-state index < -0.39 is 15.9 Å². The molecule has 3 rings (SSSR count). The largest absolute Gasteiger partial charge is 0.497 e. The second-order valence-corrected chi connectivity index (χ2v) is 7.86. The monoisotopic (exact) mass is 394 g/mol. The Labute approximate surface area is 158 Å². The first-order valence-corrected chi connectivity index (χ1v) is 10.0. The van der Waals surface area contributed by atoms with Crippen molar-refractivity contribution in [3.05, 3.63) is 47.7 Å². The van der Waals surface area contributed by atoms with Gasteiger partial charge in [-0.15, -0.1) is 0 Å². The van der Waals surface area contributed by atoms with E-state index in [1.165, 1.54) is 16.4 Å². The molecule has 2 aromatic rings. The molecule has 8 nitrogen and oxygen atoms in total. The van der Waals surface area contributed by atoms with Crippen LogP contribution in [0.5, 0.6) is 5.75 Å². The third kappa shape index (κ3) is 4.68. The van der Waals surface area contributed by atoms with Crippen molar-refractivity contribution in [3.63, 3.8) is 0 Å². The van der Waals surface area contributed by atoms with E-state index in [2.05, 4.69) is 5.32 Å². The third-order valence-corrected chi connectivity index (χ3v) is 6.00. The molecule has 0 atom stereocenters. The van der Waals surface area contributed by atoms with Crippen LogP contribution in [0.3, 0.4) is 0 Å². The Morgan fingerprint density at radius 3 is 2.52 bits per heavy atom. The molecule has 1 saturated heterocycles. The van der Waals surface area contributed by atoms with Crippen molar-refractivity contribution in [3.8, 4) is 5.75 Å². The lowest BCUT2D eigenvalue weighted by Gasteiger charge is -2.24. The number of nitrogens with zero attached hydrogens (tertiary/aromatic N) is 1. The number of rotatable bonds is 7. The van der Waals surface area contributed by atoms with Gasteiger partial charge in [0.05, 0.1) is 20.3 Å². The van der Waals surface area contributed by atoms with Crippen molar-refractivity contribution in [2.45, 2.75) is 11.5 Å². The number of furan rings is 1. The third-order valence-electron chi connectivity index (χ3n) is 4.23. The number of hydrogen-bond acceptors (Lipinski definition) is 6. The molecule has 1 N–H and O–H groups in total. The molecule has 1 aromatic carbocycles. The van der Waals surface area contributed by atoms with Crippen molar-refractivity contribution < 1.29 is 27.1 Å². The predicted molar refractivity (Wildman–Crippen MR) is 97.3 cm³/mol. The van der Waals surface area contributed by atoms with Gasteiger partial charge in [-0.05, 0) is 36.2 Å². The molecule has 146 valence electrons. The van der Waals surface area contributed by atoms with Gasteiger partial charge in [-0.1, -0.05) is 12.1 Å². The van der Waals surface area contributed by atoms with Gasteiger partial charge in [0.15, 0.2) is 5.76 Å². The molecule has 1 aliphatic heterocycles. The molecule has 1 aromatic heterocycles. The van der Waals surface area contributed by atoms with Crippen molar-refractivity contribution >= 4 is 15.9 Å². The topological polar surface area (TPSA) is 98.1 Å². The number of carbonyl (C=O) groups is 1. The Morgan fingerprint density at radius 2 is 1.85 bits per heavy atom. The van der Waals surface area contributed by atoms with Crippen LogP contribution in [0.15, 0.2) is 45.9 Å². The molecule has 1 amide bonds. The molecule has 0 bridgehead atoms. The quantitative estimate of drug-likeness (QED) is 0.760. The zero-order valence-electron chi connectivity index (χ0n) is 15.0. The average molecular weight is 394 g/mol. The van der Waals surface area contributed by atoms with Crippen LogP contribution in [-0.2, 0) is 21.2 Å². The Balaban J connectivity index is 1.56. The summed E-state index contributed by atoms with van der Waals surface area (Å²) in [6, 6.07) is 10.2. The van der Waals surface area contributed by atoms with Gasteiger partial charge in [0.25, 0.3) is 15.9 Å². The fraction of sp³-hybridized carbons (Fsp3) is 0.389. The number of nitrogens with one attached hydrogen (secondary N) is 1. The highest BCUT2D eigenvalue weighted by molar-refractivity contribution is 7.89. The summed E-state index contributed by atoms with van der Waals surface area (Å²) in [6.07, 6.45) is 0.634. The summed E-state index contributed by atoms with van der Waals surface area (Å²) >= 11 is 0. The average Bonchev–Trinajstić information content (AvgIpc) is 3.20. The lowest BCUT2D eigenvalue weighted by molar-refractivity contribution is 0.0722.